The Morgan fingerprint density at radius 1 is 1.60 bits per heavy atom. The summed E-state index contributed by atoms with van der Waals surface area (Å²) in [7, 11) is 1.61. The summed E-state index contributed by atoms with van der Waals surface area (Å²) < 4.78 is 5.45. The zero-order valence-electron chi connectivity index (χ0n) is 9.88. The first-order valence-electron chi connectivity index (χ1n) is 5.60. The van der Waals surface area contributed by atoms with E-state index in [1.807, 2.05) is 19.1 Å². The van der Waals surface area contributed by atoms with Crippen molar-refractivity contribution in [3.05, 3.63) is 23.8 Å². The minimum Gasteiger partial charge on any atom is -0.362 e. The first kappa shape index (κ1) is 12.2. The van der Waals surface area contributed by atoms with E-state index in [-0.39, 0.29) is 5.78 Å². The van der Waals surface area contributed by atoms with E-state index in [4.69, 9.17) is 4.74 Å². The minimum absolute atomic E-state index is 0.177. The number of ketones is 1. The van der Waals surface area contributed by atoms with Gasteiger partial charge in [0.15, 0.2) is 11.4 Å². The van der Waals surface area contributed by atoms with Crippen molar-refractivity contribution in [3.63, 3.8) is 0 Å². The van der Waals surface area contributed by atoms with Gasteiger partial charge in [0.05, 0.1) is 0 Å². The molecule has 0 amide bonds. The summed E-state index contributed by atoms with van der Waals surface area (Å²) in [5.41, 5.74) is 0.251. The van der Waals surface area contributed by atoms with Gasteiger partial charge in [-0.15, -0.1) is 0 Å². The summed E-state index contributed by atoms with van der Waals surface area (Å²) in [6.45, 7) is 4.06. The molecule has 0 fully saturated rings. The zero-order chi connectivity index (χ0) is 11.3. The number of rotatable bonds is 5. The Labute approximate surface area is 92.0 Å². The monoisotopic (exact) mass is 208 g/mol. The molecule has 15 heavy (non-hydrogen) atoms. The van der Waals surface area contributed by atoms with Crippen LogP contribution in [0.4, 0.5) is 0 Å². The fourth-order valence-corrected chi connectivity index (χ4v) is 1.94. The van der Waals surface area contributed by atoms with Crippen molar-refractivity contribution in [2.24, 2.45) is 0 Å². The van der Waals surface area contributed by atoms with Crippen molar-refractivity contribution in [1.29, 1.82) is 0 Å². The predicted molar refractivity (Wildman–Crippen MR) is 61.8 cm³/mol. The summed E-state index contributed by atoms with van der Waals surface area (Å²) in [6.07, 6.45) is 9.44. The van der Waals surface area contributed by atoms with E-state index >= 15 is 0 Å². The third-order valence-electron chi connectivity index (χ3n) is 2.99. The normalized spacial score (nSPS) is 25.1. The lowest BCUT2D eigenvalue weighted by Gasteiger charge is -2.31. The largest absolute Gasteiger partial charge is 0.362 e. The van der Waals surface area contributed by atoms with Crippen LogP contribution in [0.5, 0.6) is 0 Å². The van der Waals surface area contributed by atoms with Gasteiger partial charge in [0.25, 0.3) is 0 Å². The van der Waals surface area contributed by atoms with E-state index in [2.05, 4.69) is 13.0 Å². The highest BCUT2D eigenvalue weighted by Gasteiger charge is 2.37. The lowest BCUT2D eigenvalue weighted by atomic mass is 9.83. The highest BCUT2D eigenvalue weighted by atomic mass is 16.5. The van der Waals surface area contributed by atoms with Gasteiger partial charge in [-0.3, -0.25) is 4.79 Å². The Kier molecular flexibility index (Phi) is 4.28. The van der Waals surface area contributed by atoms with Crippen molar-refractivity contribution in [2.45, 2.75) is 45.1 Å². The number of carbonyl (C=O) groups excluding carboxylic acids is 1. The second-order valence-electron chi connectivity index (χ2n) is 3.99. The second-order valence-corrected chi connectivity index (χ2v) is 3.99. The molecule has 1 aliphatic carbocycles. The van der Waals surface area contributed by atoms with Crippen molar-refractivity contribution in [2.75, 3.05) is 7.11 Å². The van der Waals surface area contributed by atoms with Crippen molar-refractivity contribution in [3.8, 4) is 0 Å². The number of hydrogen-bond donors (Lipinski definition) is 0. The lowest BCUT2D eigenvalue weighted by Crippen LogP contribution is -2.40. The number of hydrogen-bond acceptors (Lipinski definition) is 2. The van der Waals surface area contributed by atoms with E-state index in [1.165, 1.54) is 0 Å². The molecule has 1 aliphatic rings. The number of unbranched alkanes of at least 4 members (excludes halogenated alkanes) is 1. The molecule has 1 rings (SSSR count). The summed E-state index contributed by atoms with van der Waals surface area (Å²) in [6, 6.07) is 0. The van der Waals surface area contributed by atoms with Crippen LogP contribution in [0.1, 0.15) is 39.5 Å². The van der Waals surface area contributed by atoms with Crippen LogP contribution >= 0.6 is 0 Å². The Morgan fingerprint density at radius 2 is 2.33 bits per heavy atom. The number of allylic oxidation sites excluding steroid dienone is 2. The molecule has 0 N–H and O–H groups in total. The molecule has 2 nitrogen and oxygen atoms in total. The molecule has 1 unspecified atom stereocenters. The van der Waals surface area contributed by atoms with E-state index in [0.717, 1.165) is 24.8 Å². The van der Waals surface area contributed by atoms with Crippen molar-refractivity contribution < 1.29 is 9.53 Å². The third-order valence-corrected chi connectivity index (χ3v) is 2.99. The molecule has 84 valence electrons. The van der Waals surface area contributed by atoms with Gasteiger partial charge < -0.3 is 4.74 Å². The number of carbonyl (C=O) groups is 1. The summed E-state index contributed by atoms with van der Waals surface area (Å²) in [4.78, 5) is 12.1. The van der Waals surface area contributed by atoms with Gasteiger partial charge in [-0.1, -0.05) is 25.5 Å². The molecule has 0 bridgehead atoms. The van der Waals surface area contributed by atoms with Gasteiger partial charge in [-0.2, -0.15) is 0 Å². The highest BCUT2D eigenvalue weighted by Crippen LogP contribution is 2.29. The van der Waals surface area contributed by atoms with E-state index in [1.54, 1.807) is 7.11 Å². The van der Waals surface area contributed by atoms with E-state index in [0.29, 0.717) is 6.42 Å². The molecule has 0 aliphatic heterocycles. The van der Waals surface area contributed by atoms with Gasteiger partial charge >= 0.3 is 0 Å². The SMILES string of the molecule is CCCCC(=O)C1(OC)C=CCC=C1C. The van der Waals surface area contributed by atoms with Gasteiger partial charge in [-0.05, 0) is 31.4 Å². The molecular formula is C13H20O2. The Hall–Kier alpha value is -0.890. The average molecular weight is 208 g/mol. The van der Waals surface area contributed by atoms with E-state index < -0.39 is 5.60 Å². The summed E-state index contributed by atoms with van der Waals surface area (Å²) in [5, 5.41) is 0. The van der Waals surface area contributed by atoms with Crippen LogP contribution in [0.3, 0.4) is 0 Å². The van der Waals surface area contributed by atoms with Gasteiger partial charge in [0.2, 0.25) is 0 Å². The summed E-state index contributed by atoms with van der Waals surface area (Å²) >= 11 is 0. The fourth-order valence-electron chi connectivity index (χ4n) is 1.94. The Bertz CT molecular complexity index is 289. The smallest absolute Gasteiger partial charge is 0.172 e. The fraction of sp³-hybridized carbons (Fsp3) is 0.615. The number of Topliss-reactive ketones (excluding diaryl/α,β-unsaturated/α-hetero) is 1. The van der Waals surface area contributed by atoms with Crippen LogP contribution in [-0.4, -0.2) is 18.5 Å². The standard InChI is InChI=1S/C13H20O2/c1-4-5-9-12(14)13(15-3)10-7-6-8-11(13)2/h7-8,10H,4-6,9H2,1-3H3. The van der Waals surface area contributed by atoms with E-state index in [9.17, 15) is 4.79 Å². The number of ether oxygens (including phenoxy) is 1. The molecule has 0 heterocycles. The average Bonchev–Trinajstić information content (AvgIpc) is 2.27. The molecule has 1 atom stereocenters. The lowest BCUT2D eigenvalue weighted by molar-refractivity contribution is -0.132. The topological polar surface area (TPSA) is 26.3 Å². The van der Waals surface area contributed by atoms with Crippen LogP contribution in [-0.2, 0) is 9.53 Å². The van der Waals surface area contributed by atoms with Crippen LogP contribution in [0.25, 0.3) is 0 Å². The molecular weight excluding hydrogens is 188 g/mol. The molecule has 2 heteroatoms. The maximum absolute atomic E-state index is 12.1. The van der Waals surface area contributed by atoms with Crippen LogP contribution in [0, 0.1) is 0 Å². The van der Waals surface area contributed by atoms with Crippen molar-refractivity contribution >= 4 is 5.78 Å². The second kappa shape index (κ2) is 5.26. The molecule has 0 aromatic carbocycles. The minimum atomic E-state index is -0.770. The Morgan fingerprint density at radius 3 is 2.87 bits per heavy atom. The van der Waals surface area contributed by atoms with Crippen LogP contribution < -0.4 is 0 Å². The zero-order valence-corrected chi connectivity index (χ0v) is 9.88. The molecule has 0 aromatic heterocycles. The summed E-state index contributed by atoms with van der Waals surface area (Å²) in [5.74, 6) is 0.177. The van der Waals surface area contributed by atoms with Gasteiger partial charge in [-0.25, -0.2) is 0 Å². The first-order valence-corrected chi connectivity index (χ1v) is 5.60. The van der Waals surface area contributed by atoms with Gasteiger partial charge in [0, 0.05) is 13.5 Å². The molecule has 0 radical (unpaired) electrons. The molecule has 0 aromatic rings. The van der Waals surface area contributed by atoms with Crippen LogP contribution in [0.2, 0.25) is 0 Å². The predicted octanol–water partition coefficient (Wildman–Crippen LogP) is 3.04. The quantitative estimate of drug-likeness (QED) is 0.649. The molecule has 0 saturated heterocycles. The highest BCUT2D eigenvalue weighted by molar-refractivity contribution is 5.93. The first-order chi connectivity index (χ1) is 7.17. The molecule has 0 saturated carbocycles. The molecule has 0 spiro atoms. The maximum Gasteiger partial charge on any atom is 0.172 e. The maximum atomic E-state index is 12.1. The number of methoxy groups -OCH3 is 1. The van der Waals surface area contributed by atoms with Gasteiger partial charge in [0.1, 0.15) is 0 Å². The van der Waals surface area contributed by atoms with Crippen molar-refractivity contribution in [1.82, 2.24) is 0 Å². The third kappa shape index (κ3) is 2.37. The Balaban J connectivity index is 2.84. The van der Waals surface area contributed by atoms with Crippen LogP contribution in [0.15, 0.2) is 23.8 Å².